The first-order chi connectivity index (χ1) is 9.50. The van der Waals surface area contributed by atoms with Crippen LogP contribution >= 0.6 is 23.2 Å². The van der Waals surface area contributed by atoms with Gasteiger partial charge >= 0.3 is 12.0 Å². The molecule has 0 aliphatic heterocycles. The van der Waals surface area contributed by atoms with E-state index >= 15 is 0 Å². The van der Waals surface area contributed by atoms with Crippen LogP contribution in [0.2, 0.25) is 10.0 Å². The number of rotatable bonds is 7. The lowest BCUT2D eigenvalue weighted by molar-refractivity contribution is -0.137. The largest absolute Gasteiger partial charge is 0.481 e. The van der Waals surface area contributed by atoms with Gasteiger partial charge in [0.15, 0.2) is 0 Å². The number of benzene rings is 1. The van der Waals surface area contributed by atoms with Gasteiger partial charge in [0.1, 0.15) is 0 Å². The SMILES string of the molecule is O=C(O)CCCNC(=O)NCCc1cccc(Cl)c1Cl. The Labute approximate surface area is 127 Å². The Kier molecular flexibility index (Phi) is 7.18. The Morgan fingerprint density at radius 1 is 1.15 bits per heavy atom. The first kappa shape index (κ1) is 16.6. The molecule has 5 nitrogen and oxygen atoms in total. The van der Waals surface area contributed by atoms with E-state index in [4.69, 9.17) is 28.3 Å². The van der Waals surface area contributed by atoms with Gasteiger partial charge in [-0.1, -0.05) is 35.3 Å². The van der Waals surface area contributed by atoms with Gasteiger partial charge in [0.25, 0.3) is 0 Å². The number of carbonyl (C=O) groups is 2. The Hall–Kier alpha value is -1.46. The molecule has 3 N–H and O–H groups in total. The van der Waals surface area contributed by atoms with Crippen molar-refractivity contribution in [3.05, 3.63) is 33.8 Å². The molecule has 0 radical (unpaired) electrons. The van der Waals surface area contributed by atoms with Crippen LogP contribution in [-0.2, 0) is 11.2 Å². The summed E-state index contributed by atoms with van der Waals surface area (Å²) in [6, 6.07) is 5.03. The molecule has 110 valence electrons. The number of hydrogen-bond acceptors (Lipinski definition) is 2. The number of aliphatic carboxylic acids is 1. The van der Waals surface area contributed by atoms with Crippen LogP contribution in [0.3, 0.4) is 0 Å². The van der Waals surface area contributed by atoms with Gasteiger partial charge in [0.2, 0.25) is 0 Å². The summed E-state index contributed by atoms with van der Waals surface area (Å²) in [5.41, 5.74) is 0.866. The third-order valence-corrected chi connectivity index (χ3v) is 3.42. The van der Waals surface area contributed by atoms with E-state index in [1.165, 1.54) is 0 Å². The summed E-state index contributed by atoms with van der Waals surface area (Å²) in [6.07, 6.45) is 1.02. The minimum Gasteiger partial charge on any atom is -0.481 e. The summed E-state index contributed by atoms with van der Waals surface area (Å²) in [4.78, 5) is 21.7. The summed E-state index contributed by atoms with van der Waals surface area (Å²) >= 11 is 11.9. The van der Waals surface area contributed by atoms with Gasteiger partial charge in [-0.25, -0.2) is 4.79 Å². The van der Waals surface area contributed by atoms with E-state index in [-0.39, 0.29) is 12.5 Å². The molecule has 0 saturated carbocycles. The fourth-order valence-electron chi connectivity index (χ4n) is 1.56. The smallest absolute Gasteiger partial charge is 0.314 e. The van der Waals surface area contributed by atoms with E-state index in [0.29, 0.717) is 36.0 Å². The zero-order chi connectivity index (χ0) is 15.0. The van der Waals surface area contributed by atoms with Gasteiger partial charge in [-0.05, 0) is 24.5 Å². The van der Waals surface area contributed by atoms with Gasteiger partial charge in [-0.15, -0.1) is 0 Å². The molecule has 0 fully saturated rings. The van der Waals surface area contributed by atoms with Crippen molar-refractivity contribution in [1.29, 1.82) is 0 Å². The van der Waals surface area contributed by atoms with Crippen LogP contribution in [0.4, 0.5) is 4.79 Å². The lowest BCUT2D eigenvalue weighted by atomic mass is 10.1. The van der Waals surface area contributed by atoms with Crippen molar-refractivity contribution in [3.8, 4) is 0 Å². The van der Waals surface area contributed by atoms with Crippen LogP contribution in [0.15, 0.2) is 18.2 Å². The zero-order valence-electron chi connectivity index (χ0n) is 10.8. The van der Waals surface area contributed by atoms with Crippen molar-refractivity contribution in [2.24, 2.45) is 0 Å². The molecular weight excluding hydrogens is 303 g/mol. The van der Waals surface area contributed by atoms with Crippen molar-refractivity contribution in [2.75, 3.05) is 13.1 Å². The molecular formula is C13H16Cl2N2O3. The molecule has 1 aromatic carbocycles. The maximum absolute atomic E-state index is 11.4. The highest BCUT2D eigenvalue weighted by Crippen LogP contribution is 2.25. The number of nitrogens with one attached hydrogen (secondary N) is 2. The standard InChI is InChI=1S/C13H16Cl2N2O3/c14-10-4-1-3-9(12(10)15)6-8-17-13(20)16-7-2-5-11(18)19/h1,3-4H,2,5-8H2,(H,18,19)(H2,16,17,20). The molecule has 2 amide bonds. The van der Waals surface area contributed by atoms with Crippen molar-refractivity contribution in [2.45, 2.75) is 19.3 Å². The second kappa shape index (κ2) is 8.66. The van der Waals surface area contributed by atoms with Gasteiger partial charge in [0, 0.05) is 19.5 Å². The van der Waals surface area contributed by atoms with E-state index in [0.717, 1.165) is 5.56 Å². The van der Waals surface area contributed by atoms with E-state index in [1.807, 2.05) is 6.07 Å². The molecule has 0 aromatic heterocycles. The third kappa shape index (κ3) is 6.12. The van der Waals surface area contributed by atoms with Gasteiger partial charge in [0.05, 0.1) is 10.0 Å². The number of amides is 2. The Morgan fingerprint density at radius 2 is 1.85 bits per heavy atom. The molecule has 7 heteroatoms. The minimum atomic E-state index is -0.872. The topological polar surface area (TPSA) is 78.4 Å². The maximum atomic E-state index is 11.4. The molecule has 0 bridgehead atoms. The Bertz CT molecular complexity index is 481. The zero-order valence-corrected chi connectivity index (χ0v) is 12.3. The fourth-order valence-corrected chi connectivity index (χ4v) is 1.97. The van der Waals surface area contributed by atoms with Crippen LogP contribution in [-0.4, -0.2) is 30.2 Å². The molecule has 0 aliphatic rings. The molecule has 0 heterocycles. The molecule has 0 atom stereocenters. The van der Waals surface area contributed by atoms with E-state index in [9.17, 15) is 9.59 Å². The van der Waals surface area contributed by atoms with Gasteiger partial charge in [-0.2, -0.15) is 0 Å². The van der Waals surface area contributed by atoms with Crippen LogP contribution in [0.5, 0.6) is 0 Å². The first-order valence-electron chi connectivity index (χ1n) is 6.17. The predicted octanol–water partition coefficient (Wildman–Crippen LogP) is 2.70. The molecule has 0 aliphatic carbocycles. The highest BCUT2D eigenvalue weighted by Gasteiger charge is 2.05. The van der Waals surface area contributed by atoms with Crippen LogP contribution in [0, 0.1) is 0 Å². The second-order valence-corrected chi connectivity index (χ2v) is 4.93. The number of halogens is 2. The van der Waals surface area contributed by atoms with Crippen LogP contribution < -0.4 is 10.6 Å². The molecule has 1 aromatic rings. The molecule has 0 spiro atoms. The lowest BCUT2D eigenvalue weighted by Gasteiger charge is -2.08. The van der Waals surface area contributed by atoms with Crippen molar-refractivity contribution < 1.29 is 14.7 Å². The van der Waals surface area contributed by atoms with Crippen molar-refractivity contribution in [3.63, 3.8) is 0 Å². The fraction of sp³-hybridized carbons (Fsp3) is 0.385. The molecule has 20 heavy (non-hydrogen) atoms. The summed E-state index contributed by atoms with van der Waals surface area (Å²) in [5, 5.41) is 14.7. The maximum Gasteiger partial charge on any atom is 0.314 e. The second-order valence-electron chi connectivity index (χ2n) is 4.14. The van der Waals surface area contributed by atoms with Gasteiger partial charge < -0.3 is 15.7 Å². The van der Waals surface area contributed by atoms with Crippen LogP contribution in [0.1, 0.15) is 18.4 Å². The summed E-state index contributed by atoms with van der Waals surface area (Å²) in [5.74, 6) is -0.872. The van der Waals surface area contributed by atoms with E-state index in [2.05, 4.69) is 10.6 Å². The summed E-state index contributed by atoms with van der Waals surface area (Å²) in [6.45, 7) is 0.751. The molecule has 1 rings (SSSR count). The number of urea groups is 1. The Morgan fingerprint density at radius 3 is 2.55 bits per heavy atom. The predicted molar refractivity (Wildman–Crippen MR) is 78.4 cm³/mol. The number of carbonyl (C=O) groups excluding carboxylic acids is 1. The normalized spacial score (nSPS) is 10.1. The van der Waals surface area contributed by atoms with Gasteiger partial charge in [-0.3, -0.25) is 4.79 Å². The highest BCUT2D eigenvalue weighted by atomic mass is 35.5. The minimum absolute atomic E-state index is 0.0401. The number of carboxylic acids is 1. The average Bonchev–Trinajstić information content (AvgIpc) is 2.39. The quantitative estimate of drug-likeness (QED) is 0.676. The Balaban J connectivity index is 2.22. The van der Waals surface area contributed by atoms with Crippen LogP contribution in [0.25, 0.3) is 0 Å². The monoisotopic (exact) mass is 318 g/mol. The molecule has 0 saturated heterocycles. The number of hydrogen-bond donors (Lipinski definition) is 3. The van der Waals surface area contributed by atoms with Crippen molar-refractivity contribution in [1.82, 2.24) is 10.6 Å². The summed E-state index contributed by atoms with van der Waals surface area (Å²) < 4.78 is 0. The summed E-state index contributed by atoms with van der Waals surface area (Å²) in [7, 11) is 0. The van der Waals surface area contributed by atoms with Crippen molar-refractivity contribution >= 4 is 35.2 Å². The molecule has 0 unspecified atom stereocenters. The average molecular weight is 319 g/mol. The van der Waals surface area contributed by atoms with E-state index in [1.54, 1.807) is 12.1 Å². The van der Waals surface area contributed by atoms with E-state index < -0.39 is 5.97 Å². The highest BCUT2D eigenvalue weighted by molar-refractivity contribution is 6.42. The lowest BCUT2D eigenvalue weighted by Crippen LogP contribution is -2.37. The third-order valence-electron chi connectivity index (χ3n) is 2.56. The number of carboxylic acid groups (broad SMARTS) is 1. The first-order valence-corrected chi connectivity index (χ1v) is 6.92.